The van der Waals surface area contributed by atoms with Crippen LogP contribution in [0, 0.1) is 0 Å². The Balaban J connectivity index is 1.76. The number of thiophene rings is 1. The number of hydrogen-bond acceptors (Lipinski definition) is 5. The van der Waals surface area contributed by atoms with Crippen LogP contribution in [0.4, 0.5) is 10.7 Å². The first-order valence-corrected chi connectivity index (χ1v) is 9.86. The second-order valence-electron chi connectivity index (χ2n) is 6.18. The van der Waals surface area contributed by atoms with Crippen LogP contribution in [0.5, 0.6) is 0 Å². The molecule has 1 aromatic heterocycles. The molecule has 0 radical (unpaired) electrons. The third-order valence-corrected chi connectivity index (χ3v) is 5.56. The van der Waals surface area contributed by atoms with Crippen molar-refractivity contribution in [3.05, 3.63) is 46.3 Å². The molecule has 0 spiro atoms. The maximum absolute atomic E-state index is 12.6. The van der Waals surface area contributed by atoms with Gasteiger partial charge in [-0.05, 0) is 50.1 Å². The van der Waals surface area contributed by atoms with E-state index in [0.717, 1.165) is 23.4 Å². The zero-order valence-corrected chi connectivity index (χ0v) is 16.2. The van der Waals surface area contributed by atoms with Gasteiger partial charge in [0.15, 0.2) is 0 Å². The van der Waals surface area contributed by atoms with E-state index in [9.17, 15) is 14.4 Å². The van der Waals surface area contributed by atoms with Crippen LogP contribution < -0.4 is 10.2 Å². The normalized spacial score (nSPS) is 13.7. The summed E-state index contributed by atoms with van der Waals surface area (Å²) < 4.78 is 5.08. The summed E-state index contributed by atoms with van der Waals surface area (Å²) in [6.07, 6.45) is 2.19. The quantitative estimate of drug-likeness (QED) is 0.765. The van der Waals surface area contributed by atoms with Gasteiger partial charge in [-0.25, -0.2) is 4.79 Å². The summed E-state index contributed by atoms with van der Waals surface area (Å²) >= 11 is 1.37. The average Bonchev–Trinajstić information content (AvgIpc) is 3.28. The van der Waals surface area contributed by atoms with Gasteiger partial charge >= 0.3 is 5.97 Å². The summed E-state index contributed by atoms with van der Waals surface area (Å²) in [5.74, 6) is -0.632. The van der Waals surface area contributed by atoms with Crippen LogP contribution in [0.15, 0.2) is 30.3 Å². The van der Waals surface area contributed by atoms with Crippen LogP contribution in [0.2, 0.25) is 0 Å². The molecule has 2 aromatic rings. The molecule has 0 unspecified atom stereocenters. The minimum absolute atomic E-state index is 0.108. The molecule has 1 aliphatic rings. The predicted octanol–water partition coefficient (Wildman–Crippen LogP) is 3.87. The lowest BCUT2D eigenvalue weighted by atomic mass is 10.2. The molecule has 7 heteroatoms. The largest absolute Gasteiger partial charge is 0.462 e. The molecule has 2 heterocycles. The van der Waals surface area contributed by atoms with Crippen molar-refractivity contribution < 1.29 is 19.1 Å². The van der Waals surface area contributed by atoms with Gasteiger partial charge in [-0.3, -0.25) is 9.59 Å². The summed E-state index contributed by atoms with van der Waals surface area (Å²) in [6, 6.07) is 8.69. The van der Waals surface area contributed by atoms with Crippen molar-refractivity contribution in [1.29, 1.82) is 0 Å². The van der Waals surface area contributed by atoms with E-state index in [2.05, 4.69) is 5.32 Å². The lowest BCUT2D eigenvalue weighted by Crippen LogP contribution is -2.23. The Bertz CT molecular complexity index is 857. The van der Waals surface area contributed by atoms with Crippen molar-refractivity contribution in [2.75, 3.05) is 23.4 Å². The standard InChI is InChI=1S/C20H22N2O4S/c1-3-15-12-16(20(25)26-4-2)19(27-15)21-18(24)13-7-9-14(10-8-13)22-11-5-6-17(22)23/h7-10,12H,3-6,11H2,1-2H3,(H,21,24). The van der Waals surface area contributed by atoms with Crippen LogP contribution >= 0.6 is 11.3 Å². The lowest BCUT2D eigenvalue weighted by molar-refractivity contribution is -0.117. The number of carbonyl (C=O) groups is 3. The van der Waals surface area contributed by atoms with Gasteiger partial charge in [0.25, 0.3) is 5.91 Å². The molecule has 1 aliphatic heterocycles. The fourth-order valence-electron chi connectivity index (χ4n) is 2.96. The van der Waals surface area contributed by atoms with E-state index in [4.69, 9.17) is 4.74 Å². The Morgan fingerprint density at radius 1 is 1.22 bits per heavy atom. The Labute approximate surface area is 162 Å². The Hall–Kier alpha value is -2.67. The van der Waals surface area contributed by atoms with Crippen LogP contribution in [-0.2, 0) is 16.0 Å². The summed E-state index contributed by atoms with van der Waals surface area (Å²) in [5, 5.41) is 3.31. The highest BCUT2D eigenvalue weighted by atomic mass is 32.1. The minimum Gasteiger partial charge on any atom is -0.462 e. The zero-order valence-electron chi connectivity index (χ0n) is 15.4. The number of amides is 2. The number of ether oxygens (including phenoxy) is 1. The average molecular weight is 386 g/mol. The van der Waals surface area contributed by atoms with Crippen molar-refractivity contribution in [3.8, 4) is 0 Å². The smallest absolute Gasteiger partial charge is 0.341 e. The van der Waals surface area contributed by atoms with E-state index in [1.165, 1.54) is 11.3 Å². The number of benzene rings is 1. The van der Waals surface area contributed by atoms with E-state index in [-0.39, 0.29) is 18.4 Å². The summed E-state index contributed by atoms with van der Waals surface area (Å²) in [4.78, 5) is 39.3. The number of hydrogen-bond donors (Lipinski definition) is 1. The fraction of sp³-hybridized carbons (Fsp3) is 0.350. The van der Waals surface area contributed by atoms with Crippen LogP contribution in [-0.4, -0.2) is 30.9 Å². The molecule has 1 aromatic carbocycles. The van der Waals surface area contributed by atoms with Gasteiger partial charge in [0.05, 0.1) is 12.2 Å². The molecule has 0 saturated carbocycles. The zero-order chi connectivity index (χ0) is 19.4. The molecule has 0 atom stereocenters. The highest BCUT2D eigenvalue weighted by molar-refractivity contribution is 7.16. The van der Waals surface area contributed by atoms with Gasteiger partial charge in [-0.2, -0.15) is 0 Å². The number of rotatable bonds is 6. The van der Waals surface area contributed by atoms with Gasteiger partial charge in [0.1, 0.15) is 5.00 Å². The Morgan fingerprint density at radius 3 is 2.56 bits per heavy atom. The molecule has 27 heavy (non-hydrogen) atoms. The van der Waals surface area contributed by atoms with E-state index >= 15 is 0 Å². The number of aryl methyl sites for hydroxylation is 1. The van der Waals surface area contributed by atoms with Crippen molar-refractivity contribution in [3.63, 3.8) is 0 Å². The Morgan fingerprint density at radius 2 is 1.96 bits per heavy atom. The van der Waals surface area contributed by atoms with Crippen molar-refractivity contribution in [2.24, 2.45) is 0 Å². The van der Waals surface area contributed by atoms with Crippen molar-refractivity contribution in [1.82, 2.24) is 0 Å². The maximum Gasteiger partial charge on any atom is 0.341 e. The topological polar surface area (TPSA) is 75.7 Å². The summed E-state index contributed by atoms with van der Waals surface area (Å²) in [7, 11) is 0. The second-order valence-corrected chi connectivity index (χ2v) is 7.32. The first-order valence-electron chi connectivity index (χ1n) is 9.05. The highest BCUT2D eigenvalue weighted by Gasteiger charge is 2.22. The molecule has 0 aliphatic carbocycles. The molecule has 1 saturated heterocycles. The molecular weight excluding hydrogens is 364 g/mol. The molecule has 1 fully saturated rings. The van der Waals surface area contributed by atoms with Gasteiger partial charge in [-0.1, -0.05) is 6.92 Å². The molecule has 3 rings (SSSR count). The van der Waals surface area contributed by atoms with Crippen LogP contribution in [0.1, 0.15) is 52.3 Å². The molecule has 1 N–H and O–H groups in total. The van der Waals surface area contributed by atoms with Gasteiger partial charge in [0.2, 0.25) is 5.91 Å². The Kier molecular flexibility index (Phi) is 5.91. The van der Waals surface area contributed by atoms with Crippen LogP contribution in [0.3, 0.4) is 0 Å². The fourth-order valence-corrected chi connectivity index (χ4v) is 3.94. The highest BCUT2D eigenvalue weighted by Crippen LogP contribution is 2.30. The molecule has 6 nitrogen and oxygen atoms in total. The van der Waals surface area contributed by atoms with E-state index in [0.29, 0.717) is 29.1 Å². The molecule has 2 amide bonds. The van der Waals surface area contributed by atoms with Gasteiger partial charge in [0, 0.05) is 29.1 Å². The summed E-state index contributed by atoms with van der Waals surface area (Å²) in [5.41, 5.74) is 1.64. The molecule has 142 valence electrons. The van der Waals surface area contributed by atoms with Gasteiger partial charge < -0.3 is 15.0 Å². The second kappa shape index (κ2) is 8.35. The lowest BCUT2D eigenvalue weighted by Gasteiger charge is -2.15. The van der Waals surface area contributed by atoms with Crippen LogP contribution in [0.25, 0.3) is 0 Å². The van der Waals surface area contributed by atoms with Gasteiger partial charge in [-0.15, -0.1) is 11.3 Å². The number of carbonyl (C=O) groups excluding carboxylic acids is 3. The third kappa shape index (κ3) is 4.19. The number of nitrogens with one attached hydrogen (secondary N) is 1. The number of esters is 1. The summed E-state index contributed by atoms with van der Waals surface area (Å²) in [6.45, 7) is 4.73. The number of anilines is 2. The minimum atomic E-state index is -0.438. The van der Waals surface area contributed by atoms with E-state index < -0.39 is 5.97 Å². The van der Waals surface area contributed by atoms with E-state index in [1.54, 1.807) is 42.2 Å². The first kappa shape index (κ1) is 19.1. The maximum atomic E-state index is 12.6. The van der Waals surface area contributed by atoms with E-state index in [1.807, 2.05) is 6.92 Å². The molecular formula is C20H22N2O4S. The SMILES string of the molecule is CCOC(=O)c1cc(CC)sc1NC(=O)c1ccc(N2CCCC2=O)cc1. The third-order valence-electron chi connectivity index (χ3n) is 4.37. The van der Waals surface area contributed by atoms with Crippen molar-refractivity contribution in [2.45, 2.75) is 33.1 Å². The molecule has 0 bridgehead atoms. The monoisotopic (exact) mass is 386 g/mol. The first-order chi connectivity index (χ1) is 13.0. The number of nitrogens with zero attached hydrogens (tertiary/aromatic N) is 1. The van der Waals surface area contributed by atoms with Crippen molar-refractivity contribution >= 4 is 39.8 Å². The predicted molar refractivity (Wildman–Crippen MR) is 106 cm³/mol.